The molecule has 0 saturated carbocycles. The smallest absolute Gasteiger partial charge is 0.237 e. The molecule has 23 heavy (non-hydrogen) atoms. The number of amides is 1. The zero-order valence-corrected chi connectivity index (χ0v) is 15.4. The summed E-state index contributed by atoms with van der Waals surface area (Å²) in [6, 6.07) is 9.47. The van der Waals surface area contributed by atoms with Crippen LogP contribution < -0.4 is 11.1 Å². The van der Waals surface area contributed by atoms with Gasteiger partial charge in [-0.2, -0.15) is 0 Å². The van der Waals surface area contributed by atoms with Crippen LogP contribution in [0.15, 0.2) is 30.3 Å². The van der Waals surface area contributed by atoms with Crippen molar-refractivity contribution in [2.45, 2.75) is 31.7 Å². The van der Waals surface area contributed by atoms with E-state index in [-0.39, 0.29) is 30.7 Å². The lowest BCUT2D eigenvalue weighted by molar-refractivity contribution is -0.122. The third-order valence-electron chi connectivity index (χ3n) is 4.33. The summed E-state index contributed by atoms with van der Waals surface area (Å²) in [4.78, 5) is 14.4. The van der Waals surface area contributed by atoms with Gasteiger partial charge >= 0.3 is 0 Å². The van der Waals surface area contributed by atoms with E-state index in [1.165, 1.54) is 25.9 Å². The zero-order chi connectivity index (χ0) is 15.1. The summed E-state index contributed by atoms with van der Waals surface area (Å²) < 4.78 is 0. The number of likely N-dealkylation sites (tertiary alicyclic amines) is 1. The number of carbonyl (C=O) groups excluding carboxylic acids is 1. The molecular formula is C17H29Cl2N3O. The molecule has 0 spiro atoms. The summed E-state index contributed by atoms with van der Waals surface area (Å²) >= 11 is 0. The monoisotopic (exact) mass is 361 g/mol. The minimum Gasteiger partial charge on any atom is -0.355 e. The van der Waals surface area contributed by atoms with Gasteiger partial charge in [0.05, 0.1) is 6.04 Å². The van der Waals surface area contributed by atoms with Crippen LogP contribution in [0, 0.1) is 5.92 Å². The molecule has 1 saturated heterocycles. The first-order valence-corrected chi connectivity index (χ1v) is 7.91. The van der Waals surface area contributed by atoms with Crippen molar-refractivity contribution in [3.63, 3.8) is 0 Å². The Morgan fingerprint density at radius 1 is 1.26 bits per heavy atom. The van der Waals surface area contributed by atoms with Crippen LogP contribution in [0.4, 0.5) is 0 Å². The van der Waals surface area contributed by atoms with Crippen molar-refractivity contribution in [3.05, 3.63) is 35.9 Å². The fourth-order valence-electron chi connectivity index (χ4n) is 2.84. The Morgan fingerprint density at radius 3 is 2.48 bits per heavy atom. The number of nitrogens with zero attached hydrogens (tertiary/aromatic N) is 1. The molecule has 1 fully saturated rings. The van der Waals surface area contributed by atoms with E-state index in [0.717, 1.165) is 24.4 Å². The number of piperidine rings is 1. The number of hydrogen-bond acceptors (Lipinski definition) is 3. The first-order valence-electron chi connectivity index (χ1n) is 7.91. The first kappa shape index (κ1) is 22.2. The normalized spacial score (nSPS) is 16.8. The predicted molar refractivity (Wildman–Crippen MR) is 100 cm³/mol. The lowest BCUT2D eigenvalue weighted by Gasteiger charge is -2.29. The van der Waals surface area contributed by atoms with Crippen LogP contribution in [-0.2, 0) is 11.2 Å². The van der Waals surface area contributed by atoms with E-state index in [1.807, 2.05) is 30.3 Å². The lowest BCUT2D eigenvalue weighted by Crippen LogP contribution is -2.43. The number of halogens is 2. The number of rotatable bonds is 6. The maximum absolute atomic E-state index is 12.0. The Hall–Kier alpha value is -0.810. The number of carbonyl (C=O) groups is 1. The molecule has 1 aromatic carbocycles. The van der Waals surface area contributed by atoms with Gasteiger partial charge in [-0.15, -0.1) is 24.8 Å². The van der Waals surface area contributed by atoms with Gasteiger partial charge in [-0.25, -0.2) is 0 Å². The van der Waals surface area contributed by atoms with E-state index in [0.29, 0.717) is 6.42 Å². The second kappa shape index (κ2) is 11.7. The van der Waals surface area contributed by atoms with Gasteiger partial charge in [0.15, 0.2) is 0 Å². The van der Waals surface area contributed by atoms with Gasteiger partial charge in [-0.05, 0) is 57.3 Å². The Morgan fingerprint density at radius 2 is 1.87 bits per heavy atom. The van der Waals surface area contributed by atoms with Gasteiger partial charge < -0.3 is 16.0 Å². The van der Waals surface area contributed by atoms with Crippen LogP contribution in [0.5, 0.6) is 0 Å². The van der Waals surface area contributed by atoms with Crippen LogP contribution >= 0.6 is 24.8 Å². The van der Waals surface area contributed by atoms with Crippen LogP contribution in [0.1, 0.15) is 24.8 Å². The van der Waals surface area contributed by atoms with Gasteiger partial charge in [0.1, 0.15) is 0 Å². The minimum atomic E-state index is -0.454. The Kier molecular flexibility index (Phi) is 11.3. The second-order valence-corrected chi connectivity index (χ2v) is 6.12. The number of benzene rings is 1. The van der Waals surface area contributed by atoms with Gasteiger partial charge in [0.25, 0.3) is 0 Å². The van der Waals surface area contributed by atoms with Crippen molar-refractivity contribution in [2.24, 2.45) is 11.7 Å². The predicted octanol–water partition coefficient (Wildman–Crippen LogP) is 2.25. The second-order valence-electron chi connectivity index (χ2n) is 6.12. The van der Waals surface area contributed by atoms with Crippen molar-refractivity contribution < 1.29 is 4.79 Å². The molecule has 0 aliphatic carbocycles. The average molecular weight is 362 g/mol. The third kappa shape index (κ3) is 8.02. The van der Waals surface area contributed by atoms with Crippen LogP contribution in [0.3, 0.4) is 0 Å². The molecule has 0 radical (unpaired) electrons. The van der Waals surface area contributed by atoms with Gasteiger partial charge in [-0.1, -0.05) is 30.3 Å². The standard InChI is InChI=1S/C17H27N3O.2ClH/c1-20-11-8-14(9-12-20)7-10-19-17(21)16(18)13-15-5-3-2-4-6-15;;/h2-6,14,16H,7-13,18H2,1H3,(H,19,21);2*1H. The molecule has 1 aliphatic heterocycles. The molecule has 1 heterocycles. The van der Waals surface area contributed by atoms with E-state index in [2.05, 4.69) is 17.3 Å². The van der Waals surface area contributed by atoms with E-state index < -0.39 is 6.04 Å². The average Bonchev–Trinajstić information content (AvgIpc) is 2.50. The van der Waals surface area contributed by atoms with Crippen molar-refractivity contribution in [1.82, 2.24) is 10.2 Å². The topological polar surface area (TPSA) is 58.4 Å². The summed E-state index contributed by atoms with van der Waals surface area (Å²) in [5.74, 6) is 0.707. The van der Waals surface area contributed by atoms with E-state index in [9.17, 15) is 4.79 Å². The summed E-state index contributed by atoms with van der Waals surface area (Å²) in [5.41, 5.74) is 7.07. The van der Waals surface area contributed by atoms with Crippen molar-refractivity contribution in [2.75, 3.05) is 26.7 Å². The Bertz CT molecular complexity index is 437. The maximum Gasteiger partial charge on any atom is 0.237 e. The molecule has 1 aromatic rings. The Labute approximate surface area is 152 Å². The highest BCUT2D eigenvalue weighted by Crippen LogP contribution is 2.18. The molecule has 6 heteroatoms. The van der Waals surface area contributed by atoms with Gasteiger partial charge in [0, 0.05) is 6.54 Å². The van der Waals surface area contributed by atoms with E-state index >= 15 is 0 Å². The maximum atomic E-state index is 12.0. The molecule has 1 aliphatic rings. The van der Waals surface area contributed by atoms with Gasteiger partial charge in [0.2, 0.25) is 5.91 Å². The molecule has 0 bridgehead atoms. The van der Waals surface area contributed by atoms with Crippen molar-refractivity contribution >= 4 is 30.7 Å². The van der Waals surface area contributed by atoms with E-state index in [4.69, 9.17) is 5.73 Å². The Balaban J connectivity index is 0.00000242. The lowest BCUT2D eigenvalue weighted by atomic mass is 9.94. The summed E-state index contributed by atoms with van der Waals surface area (Å²) in [7, 11) is 2.17. The zero-order valence-electron chi connectivity index (χ0n) is 13.7. The molecule has 1 amide bonds. The number of nitrogens with two attached hydrogens (primary N) is 1. The molecular weight excluding hydrogens is 333 g/mol. The molecule has 1 unspecified atom stereocenters. The highest BCUT2D eigenvalue weighted by molar-refractivity contribution is 5.85. The summed E-state index contributed by atoms with van der Waals surface area (Å²) in [6.45, 7) is 3.09. The fourth-order valence-corrected chi connectivity index (χ4v) is 2.84. The highest BCUT2D eigenvalue weighted by Gasteiger charge is 2.18. The summed E-state index contributed by atoms with van der Waals surface area (Å²) in [6.07, 6.45) is 4.14. The molecule has 3 N–H and O–H groups in total. The summed E-state index contributed by atoms with van der Waals surface area (Å²) in [5, 5.41) is 2.98. The van der Waals surface area contributed by atoms with Crippen LogP contribution in [0.2, 0.25) is 0 Å². The fraction of sp³-hybridized carbons (Fsp3) is 0.588. The number of nitrogens with one attached hydrogen (secondary N) is 1. The molecule has 0 aromatic heterocycles. The molecule has 4 nitrogen and oxygen atoms in total. The molecule has 132 valence electrons. The quantitative estimate of drug-likeness (QED) is 0.816. The number of hydrogen-bond donors (Lipinski definition) is 2. The van der Waals surface area contributed by atoms with Crippen molar-refractivity contribution in [1.29, 1.82) is 0 Å². The van der Waals surface area contributed by atoms with Crippen LogP contribution in [-0.4, -0.2) is 43.5 Å². The largest absolute Gasteiger partial charge is 0.355 e. The molecule has 1 atom stereocenters. The van der Waals surface area contributed by atoms with Gasteiger partial charge in [-0.3, -0.25) is 4.79 Å². The first-order chi connectivity index (χ1) is 10.1. The molecule has 2 rings (SSSR count). The SMILES string of the molecule is CN1CCC(CCNC(=O)C(N)Cc2ccccc2)CC1.Cl.Cl. The highest BCUT2D eigenvalue weighted by atomic mass is 35.5. The van der Waals surface area contributed by atoms with E-state index in [1.54, 1.807) is 0 Å². The van der Waals surface area contributed by atoms with Crippen molar-refractivity contribution in [3.8, 4) is 0 Å². The van der Waals surface area contributed by atoms with Crippen LogP contribution in [0.25, 0.3) is 0 Å². The third-order valence-corrected chi connectivity index (χ3v) is 4.33. The minimum absolute atomic E-state index is 0.